The van der Waals surface area contributed by atoms with Crippen LogP contribution in [0, 0.1) is 5.82 Å². The SMILES string of the molecule is Nc1nc2cc(F)ccc2n1-c1ccc2ccccc2c1. The number of hydrogen-bond acceptors (Lipinski definition) is 2. The Balaban J connectivity index is 2.01. The van der Waals surface area contributed by atoms with Gasteiger partial charge in [-0.1, -0.05) is 30.3 Å². The van der Waals surface area contributed by atoms with Crippen LogP contribution in [0.15, 0.2) is 60.7 Å². The molecular weight excluding hydrogens is 265 g/mol. The first-order valence-electron chi connectivity index (χ1n) is 6.65. The Hall–Kier alpha value is -2.88. The molecule has 0 amide bonds. The summed E-state index contributed by atoms with van der Waals surface area (Å²) in [6.45, 7) is 0. The molecule has 0 aliphatic carbocycles. The van der Waals surface area contributed by atoms with Gasteiger partial charge in [-0.3, -0.25) is 4.57 Å². The Labute approximate surface area is 120 Å². The summed E-state index contributed by atoms with van der Waals surface area (Å²) in [5.74, 6) is 0.0385. The van der Waals surface area contributed by atoms with E-state index in [4.69, 9.17) is 5.73 Å². The maximum absolute atomic E-state index is 13.3. The number of anilines is 1. The summed E-state index contributed by atoms with van der Waals surface area (Å²) in [5.41, 5.74) is 8.28. The number of imidazole rings is 1. The van der Waals surface area contributed by atoms with E-state index in [1.54, 1.807) is 6.07 Å². The Kier molecular flexibility index (Phi) is 2.44. The second kappa shape index (κ2) is 4.31. The van der Waals surface area contributed by atoms with Crippen LogP contribution in [-0.4, -0.2) is 9.55 Å². The number of halogens is 1. The predicted molar refractivity (Wildman–Crippen MR) is 82.9 cm³/mol. The molecule has 0 radical (unpaired) electrons. The van der Waals surface area contributed by atoms with Crippen molar-refractivity contribution in [1.29, 1.82) is 0 Å². The highest BCUT2D eigenvalue weighted by Gasteiger charge is 2.11. The zero-order valence-corrected chi connectivity index (χ0v) is 11.1. The van der Waals surface area contributed by atoms with Crippen LogP contribution in [0.1, 0.15) is 0 Å². The van der Waals surface area contributed by atoms with E-state index in [0.717, 1.165) is 22.0 Å². The Morgan fingerprint density at radius 3 is 2.57 bits per heavy atom. The molecule has 0 aliphatic heterocycles. The summed E-state index contributed by atoms with van der Waals surface area (Å²) < 4.78 is 15.1. The van der Waals surface area contributed by atoms with Crippen LogP contribution in [0.4, 0.5) is 10.3 Å². The van der Waals surface area contributed by atoms with Crippen LogP contribution in [0.2, 0.25) is 0 Å². The van der Waals surface area contributed by atoms with Crippen molar-refractivity contribution in [3.8, 4) is 5.69 Å². The minimum Gasteiger partial charge on any atom is -0.369 e. The second-order valence-electron chi connectivity index (χ2n) is 4.97. The highest BCUT2D eigenvalue weighted by Crippen LogP contribution is 2.26. The summed E-state index contributed by atoms with van der Waals surface area (Å²) in [4.78, 5) is 4.23. The quantitative estimate of drug-likeness (QED) is 0.573. The number of benzene rings is 3. The highest BCUT2D eigenvalue weighted by atomic mass is 19.1. The minimum absolute atomic E-state index is 0.314. The van der Waals surface area contributed by atoms with Gasteiger partial charge in [0.15, 0.2) is 0 Å². The maximum Gasteiger partial charge on any atom is 0.205 e. The molecule has 102 valence electrons. The Morgan fingerprint density at radius 1 is 0.905 bits per heavy atom. The van der Waals surface area contributed by atoms with Crippen molar-refractivity contribution in [3.63, 3.8) is 0 Å². The minimum atomic E-state index is -0.314. The molecule has 3 aromatic carbocycles. The second-order valence-corrected chi connectivity index (χ2v) is 4.97. The molecule has 0 atom stereocenters. The molecule has 21 heavy (non-hydrogen) atoms. The molecule has 4 rings (SSSR count). The summed E-state index contributed by atoms with van der Waals surface area (Å²) in [5, 5.41) is 2.29. The van der Waals surface area contributed by atoms with Gasteiger partial charge in [-0.15, -0.1) is 0 Å². The lowest BCUT2D eigenvalue weighted by atomic mass is 10.1. The molecule has 0 saturated heterocycles. The molecule has 4 heteroatoms. The third-order valence-corrected chi connectivity index (χ3v) is 3.63. The van der Waals surface area contributed by atoms with Gasteiger partial charge in [0.05, 0.1) is 11.0 Å². The van der Waals surface area contributed by atoms with E-state index in [2.05, 4.69) is 17.1 Å². The number of rotatable bonds is 1. The third-order valence-electron chi connectivity index (χ3n) is 3.63. The van der Waals surface area contributed by atoms with Crippen molar-refractivity contribution in [2.24, 2.45) is 0 Å². The van der Waals surface area contributed by atoms with Gasteiger partial charge in [-0.05, 0) is 35.0 Å². The van der Waals surface area contributed by atoms with Crippen molar-refractivity contribution in [2.45, 2.75) is 0 Å². The van der Waals surface area contributed by atoms with Crippen molar-refractivity contribution in [2.75, 3.05) is 5.73 Å². The van der Waals surface area contributed by atoms with Crippen LogP contribution < -0.4 is 5.73 Å². The zero-order chi connectivity index (χ0) is 14.4. The van der Waals surface area contributed by atoms with Gasteiger partial charge in [-0.25, -0.2) is 9.37 Å². The average Bonchev–Trinajstić information content (AvgIpc) is 2.81. The van der Waals surface area contributed by atoms with Gasteiger partial charge >= 0.3 is 0 Å². The standard InChI is InChI=1S/C17H12FN3/c18-13-6-8-16-15(10-13)20-17(19)21(16)14-7-5-11-3-1-2-4-12(11)9-14/h1-10H,(H2,19,20). The molecule has 1 aromatic heterocycles. The summed E-state index contributed by atoms with van der Waals surface area (Å²) in [6.07, 6.45) is 0. The molecule has 0 spiro atoms. The van der Waals surface area contributed by atoms with Gasteiger partial charge in [0, 0.05) is 11.8 Å². The largest absolute Gasteiger partial charge is 0.369 e. The Morgan fingerprint density at radius 2 is 1.71 bits per heavy atom. The first kappa shape index (κ1) is 11.9. The van der Waals surface area contributed by atoms with E-state index in [1.807, 2.05) is 34.9 Å². The molecule has 2 N–H and O–H groups in total. The van der Waals surface area contributed by atoms with Gasteiger partial charge in [-0.2, -0.15) is 0 Å². The first-order chi connectivity index (χ1) is 10.2. The summed E-state index contributed by atoms with van der Waals surface area (Å²) in [7, 11) is 0. The number of nitrogens with two attached hydrogens (primary N) is 1. The maximum atomic E-state index is 13.3. The van der Waals surface area contributed by atoms with Crippen LogP contribution >= 0.6 is 0 Å². The lowest BCUT2D eigenvalue weighted by Crippen LogP contribution is -2.00. The van der Waals surface area contributed by atoms with E-state index in [0.29, 0.717) is 11.5 Å². The van der Waals surface area contributed by atoms with Gasteiger partial charge in [0.2, 0.25) is 5.95 Å². The van der Waals surface area contributed by atoms with Crippen molar-refractivity contribution in [3.05, 3.63) is 66.5 Å². The first-order valence-corrected chi connectivity index (χ1v) is 6.65. The van der Waals surface area contributed by atoms with Crippen LogP contribution in [0.25, 0.3) is 27.5 Å². The van der Waals surface area contributed by atoms with Gasteiger partial charge in [0.25, 0.3) is 0 Å². The van der Waals surface area contributed by atoms with Crippen molar-refractivity contribution in [1.82, 2.24) is 9.55 Å². The average molecular weight is 277 g/mol. The van der Waals surface area contributed by atoms with E-state index in [1.165, 1.54) is 12.1 Å². The number of nitrogens with zero attached hydrogens (tertiary/aromatic N) is 2. The molecule has 3 nitrogen and oxygen atoms in total. The summed E-state index contributed by atoms with van der Waals surface area (Å²) in [6, 6.07) is 18.7. The fourth-order valence-corrected chi connectivity index (χ4v) is 2.66. The number of hydrogen-bond donors (Lipinski definition) is 1. The monoisotopic (exact) mass is 277 g/mol. The van der Waals surface area contributed by atoms with E-state index in [9.17, 15) is 4.39 Å². The number of fused-ring (bicyclic) bond motifs is 2. The van der Waals surface area contributed by atoms with Crippen LogP contribution in [0.5, 0.6) is 0 Å². The fourth-order valence-electron chi connectivity index (χ4n) is 2.66. The molecule has 0 fully saturated rings. The van der Waals surface area contributed by atoms with E-state index < -0.39 is 0 Å². The predicted octanol–water partition coefficient (Wildman–Crippen LogP) is 3.90. The lowest BCUT2D eigenvalue weighted by Gasteiger charge is -2.08. The third kappa shape index (κ3) is 1.84. The molecular formula is C17H12FN3. The topological polar surface area (TPSA) is 43.8 Å². The van der Waals surface area contributed by atoms with Gasteiger partial charge in [0.1, 0.15) is 5.82 Å². The lowest BCUT2D eigenvalue weighted by molar-refractivity contribution is 0.629. The zero-order valence-electron chi connectivity index (χ0n) is 11.1. The Bertz CT molecular complexity index is 972. The van der Waals surface area contributed by atoms with E-state index in [-0.39, 0.29) is 5.82 Å². The highest BCUT2D eigenvalue weighted by molar-refractivity contribution is 5.87. The molecule has 0 aliphatic rings. The van der Waals surface area contributed by atoms with Crippen LogP contribution in [0.3, 0.4) is 0 Å². The fraction of sp³-hybridized carbons (Fsp3) is 0. The van der Waals surface area contributed by atoms with E-state index >= 15 is 0 Å². The van der Waals surface area contributed by atoms with Crippen molar-refractivity contribution < 1.29 is 4.39 Å². The number of aromatic nitrogens is 2. The number of nitrogen functional groups attached to an aromatic ring is 1. The molecule has 4 aromatic rings. The molecule has 1 heterocycles. The smallest absolute Gasteiger partial charge is 0.205 e. The van der Waals surface area contributed by atoms with Gasteiger partial charge < -0.3 is 5.73 Å². The normalized spacial score (nSPS) is 11.3. The molecule has 0 unspecified atom stereocenters. The van der Waals surface area contributed by atoms with Crippen LogP contribution in [-0.2, 0) is 0 Å². The van der Waals surface area contributed by atoms with Crippen molar-refractivity contribution >= 4 is 27.8 Å². The molecule has 0 bridgehead atoms. The summed E-state index contributed by atoms with van der Waals surface area (Å²) >= 11 is 0. The molecule has 0 saturated carbocycles.